The number of carboxylic acids is 1. The summed E-state index contributed by atoms with van der Waals surface area (Å²) in [6.07, 6.45) is 7.76. The Morgan fingerprint density at radius 1 is 0.902 bits per heavy atom. The van der Waals surface area contributed by atoms with Crippen molar-refractivity contribution < 1.29 is 34.1 Å². The summed E-state index contributed by atoms with van der Waals surface area (Å²) in [6, 6.07) is 0. The van der Waals surface area contributed by atoms with Crippen molar-refractivity contribution in [2.75, 3.05) is 0 Å². The van der Waals surface area contributed by atoms with Crippen LogP contribution in [0.3, 0.4) is 0 Å². The second kappa shape index (κ2) is 9.30. The number of aliphatic hydroxyl groups is 1. The molecule has 0 aromatic rings. The van der Waals surface area contributed by atoms with Gasteiger partial charge in [0.1, 0.15) is 12.2 Å². The van der Waals surface area contributed by atoms with E-state index in [2.05, 4.69) is 47.6 Å². The molecule has 0 saturated heterocycles. The molecule has 0 aromatic heterocycles. The average Bonchev–Trinajstić information content (AvgIpc) is 2.83. The Morgan fingerprint density at radius 3 is 2.12 bits per heavy atom. The van der Waals surface area contributed by atoms with Gasteiger partial charge in [0, 0.05) is 36.5 Å². The third kappa shape index (κ3) is 3.88. The molecule has 2 N–H and O–H groups in total. The highest BCUT2D eigenvalue weighted by Crippen LogP contribution is 2.76. The van der Waals surface area contributed by atoms with Gasteiger partial charge in [0.25, 0.3) is 0 Å². The number of rotatable bonds is 3. The van der Waals surface area contributed by atoms with Crippen LogP contribution in [0.25, 0.3) is 0 Å². The number of hydrogen-bond donors (Lipinski definition) is 2. The van der Waals surface area contributed by atoms with Gasteiger partial charge in [0.15, 0.2) is 0 Å². The quantitative estimate of drug-likeness (QED) is 0.301. The molecule has 0 aromatic carbocycles. The molecule has 5 aliphatic carbocycles. The number of esters is 2. The summed E-state index contributed by atoms with van der Waals surface area (Å²) < 4.78 is 12.1. The first-order valence-electron chi connectivity index (χ1n) is 15.8. The molecule has 4 saturated carbocycles. The van der Waals surface area contributed by atoms with E-state index in [1.807, 2.05) is 6.92 Å². The number of carbonyl (C=O) groups is 3. The second-order valence-corrected chi connectivity index (χ2v) is 16.0. The van der Waals surface area contributed by atoms with Crippen LogP contribution >= 0.6 is 0 Å². The summed E-state index contributed by atoms with van der Waals surface area (Å²) in [6.45, 7) is 18.4. The van der Waals surface area contributed by atoms with Gasteiger partial charge in [-0.25, -0.2) is 0 Å². The van der Waals surface area contributed by atoms with Crippen LogP contribution in [0.2, 0.25) is 0 Å². The van der Waals surface area contributed by atoms with Crippen molar-refractivity contribution in [1.29, 1.82) is 0 Å². The molecule has 41 heavy (non-hydrogen) atoms. The van der Waals surface area contributed by atoms with Gasteiger partial charge in [-0.2, -0.15) is 0 Å². The molecule has 7 nitrogen and oxygen atoms in total. The van der Waals surface area contributed by atoms with Crippen molar-refractivity contribution >= 4 is 17.9 Å². The molecule has 0 amide bonds. The minimum Gasteiger partial charge on any atom is -0.481 e. The minimum absolute atomic E-state index is 0.00411. The van der Waals surface area contributed by atoms with Gasteiger partial charge in [0.2, 0.25) is 0 Å². The Hall–Kier alpha value is -1.89. The Labute approximate surface area is 245 Å². The van der Waals surface area contributed by atoms with E-state index in [-0.39, 0.29) is 57.6 Å². The maximum absolute atomic E-state index is 12.8. The van der Waals surface area contributed by atoms with Crippen molar-refractivity contribution in [2.24, 2.45) is 50.7 Å². The van der Waals surface area contributed by atoms with Crippen LogP contribution in [0.15, 0.2) is 11.6 Å². The SMILES string of the molecule is CC(=O)O[C@H]1CC[C@]2(C)[C@H]3CC=C4[C@@](C)(CC[C@@]5(C)CC[C@@H](C(=O)O)[C@H](C)[C@@]45O)[C@]3(C)C[C@@H](OC(C)=O)[C@H]2C1(C)C. The number of hydrogen-bond acceptors (Lipinski definition) is 6. The standard InChI is InChI=1S/C34H52O7/c1-19-22(28(37)38)12-14-30(6)16-17-32(8)25(34(19,30)39)11-10-24-31(7)15-13-26(41-21(3)36)29(4,5)27(31)23(40-20(2)35)18-33(24,32)9/h11,19,22-24,26-27,39H,10,12-18H2,1-9H3,(H,37,38)/t19-,22+,23+,24+,26-,27-,30+,31+,32+,33+,34+/m0/s1. The van der Waals surface area contributed by atoms with Crippen molar-refractivity contribution in [3.63, 3.8) is 0 Å². The van der Waals surface area contributed by atoms with E-state index in [4.69, 9.17) is 9.47 Å². The van der Waals surface area contributed by atoms with Crippen LogP contribution in [0.1, 0.15) is 114 Å². The van der Waals surface area contributed by atoms with Crippen LogP contribution in [0, 0.1) is 50.7 Å². The van der Waals surface area contributed by atoms with Gasteiger partial charge in [-0.15, -0.1) is 0 Å². The molecule has 0 heterocycles. The minimum atomic E-state index is -1.21. The lowest BCUT2D eigenvalue weighted by Gasteiger charge is -2.73. The fraction of sp³-hybridized carbons (Fsp3) is 0.853. The van der Waals surface area contributed by atoms with Crippen molar-refractivity contribution in [1.82, 2.24) is 0 Å². The molecule has 0 spiro atoms. The van der Waals surface area contributed by atoms with Crippen molar-refractivity contribution in [3.8, 4) is 0 Å². The smallest absolute Gasteiger partial charge is 0.306 e. The molecule has 7 heteroatoms. The number of carbonyl (C=O) groups excluding carboxylic acids is 2. The largest absolute Gasteiger partial charge is 0.481 e. The summed E-state index contributed by atoms with van der Waals surface area (Å²) in [4.78, 5) is 37.0. The lowest BCUT2D eigenvalue weighted by molar-refractivity contribution is -0.260. The van der Waals surface area contributed by atoms with E-state index in [0.29, 0.717) is 19.3 Å². The molecule has 0 bridgehead atoms. The third-order valence-electron chi connectivity index (χ3n) is 14.0. The maximum atomic E-state index is 12.8. The number of allylic oxidation sites excluding steroid dienone is 1. The van der Waals surface area contributed by atoms with Gasteiger partial charge in [-0.05, 0) is 79.1 Å². The third-order valence-corrected chi connectivity index (χ3v) is 14.0. The monoisotopic (exact) mass is 572 g/mol. The summed E-state index contributed by atoms with van der Waals surface area (Å²) >= 11 is 0. The average molecular weight is 573 g/mol. The van der Waals surface area contributed by atoms with E-state index in [9.17, 15) is 24.6 Å². The first-order chi connectivity index (χ1) is 18.8. The zero-order chi connectivity index (χ0) is 30.6. The van der Waals surface area contributed by atoms with E-state index < -0.39 is 28.8 Å². The van der Waals surface area contributed by atoms with Gasteiger partial charge in [-0.3, -0.25) is 14.4 Å². The summed E-state index contributed by atoms with van der Waals surface area (Å²) in [5.74, 6) is -2.14. The van der Waals surface area contributed by atoms with Gasteiger partial charge in [-0.1, -0.05) is 54.5 Å². The number of aliphatic carboxylic acids is 1. The van der Waals surface area contributed by atoms with Crippen molar-refractivity contribution in [2.45, 2.75) is 131 Å². The Morgan fingerprint density at radius 2 is 1.54 bits per heavy atom. The molecule has 4 fully saturated rings. The maximum Gasteiger partial charge on any atom is 0.306 e. The van der Waals surface area contributed by atoms with Gasteiger partial charge in [0.05, 0.1) is 11.5 Å². The number of ether oxygens (including phenoxy) is 2. The Balaban J connectivity index is 1.65. The van der Waals surface area contributed by atoms with Crippen molar-refractivity contribution in [3.05, 3.63) is 11.6 Å². The molecular weight excluding hydrogens is 520 g/mol. The zero-order valence-corrected chi connectivity index (χ0v) is 26.6. The highest BCUT2D eigenvalue weighted by Gasteiger charge is 2.74. The molecular formula is C34H52O7. The highest BCUT2D eigenvalue weighted by atomic mass is 16.6. The lowest BCUT2D eigenvalue weighted by atomic mass is 9.32. The van der Waals surface area contributed by atoms with Crippen LogP contribution in [-0.4, -0.2) is 45.9 Å². The molecule has 230 valence electrons. The molecule has 11 atom stereocenters. The fourth-order valence-corrected chi connectivity index (χ4v) is 11.9. The van der Waals surface area contributed by atoms with Gasteiger partial charge < -0.3 is 19.7 Å². The zero-order valence-electron chi connectivity index (χ0n) is 26.6. The summed E-state index contributed by atoms with van der Waals surface area (Å²) in [7, 11) is 0. The molecule has 5 aliphatic rings. The van der Waals surface area contributed by atoms with Gasteiger partial charge >= 0.3 is 17.9 Å². The topological polar surface area (TPSA) is 110 Å². The number of fused-ring (bicyclic) bond motifs is 7. The molecule has 0 radical (unpaired) electrons. The Bertz CT molecular complexity index is 1170. The van der Waals surface area contributed by atoms with E-state index in [1.165, 1.54) is 13.8 Å². The highest BCUT2D eigenvalue weighted by molar-refractivity contribution is 5.71. The van der Waals surface area contributed by atoms with Crippen LogP contribution in [0.5, 0.6) is 0 Å². The first kappa shape index (κ1) is 30.6. The van der Waals surface area contributed by atoms with Crippen LogP contribution in [0.4, 0.5) is 0 Å². The normalized spacial score (nSPS) is 50.1. The molecule has 5 rings (SSSR count). The first-order valence-corrected chi connectivity index (χ1v) is 15.8. The van der Waals surface area contributed by atoms with Crippen LogP contribution in [-0.2, 0) is 23.9 Å². The fourth-order valence-electron chi connectivity index (χ4n) is 11.9. The summed E-state index contributed by atoms with van der Waals surface area (Å²) in [5, 5.41) is 22.9. The lowest BCUT2D eigenvalue weighted by Crippen LogP contribution is -2.71. The van der Waals surface area contributed by atoms with Crippen LogP contribution < -0.4 is 0 Å². The Kier molecular flexibility index (Phi) is 6.94. The number of carboxylic acid groups (broad SMARTS) is 1. The predicted octanol–water partition coefficient (Wildman–Crippen LogP) is 6.32. The van der Waals surface area contributed by atoms with E-state index >= 15 is 0 Å². The van der Waals surface area contributed by atoms with E-state index in [1.54, 1.807) is 0 Å². The molecule has 0 unspecified atom stereocenters. The summed E-state index contributed by atoms with van der Waals surface area (Å²) in [5.41, 5.74) is -1.84. The van der Waals surface area contributed by atoms with E-state index in [0.717, 1.165) is 37.7 Å². The predicted molar refractivity (Wildman–Crippen MR) is 155 cm³/mol. The second-order valence-electron chi connectivity index (χ2n) is 16.0. The molecule has 0 aliphatic heterocycles.